The van der Waals surface area contributed by atoms with Gasteiger partial charge in [0.2, 0.25) is 17.5 Å². The Balaban J connectivity index is 1.28. The summed E-state index contributed by atoms with van der Waals surface area (Å²) in [7, 11) is 0. The molecule has 0 radical (unpaired) electrons. The fraction of sp³-hybridized carbons (Fsp3) is 0.444. The number of aromatic nitrogens is 1. The van der Waals surface area contributed by atoms with Gasteiger partial charge in [0.15, 0.2) is 0 Å². The Kier molecular flexibility index (Phi) is 3.06. The maximum Gasteiger partial charge on any atom is 0.260 e. The molecule has 2 N–H and O–H groups in total. The number of carbonyl (C=O) groups is 3. The predicted octanol–water partition coefficient (Wildman–Crippen LogP) is 1.95. The number of allylic oxidation sites excluding steroid dienone is 2. The number of rotatable bonds is 4. The number of hydrogen-bond donors (Lipinski definition) is 2. The molecule has 1 heterocycles. The Bertz CT molecular complexity index is 955. The molecule has 0 spiro atoms. The number of alkyl halides is 2. The molecule has 1 amide bonds. The highest BCUT2D eigenvalue weighted by Crippen LogP contribution is 2.61. The van der Waals surface area contributed by atoms with Gasteiger partial charge < -0.3 is 10.6 Å². The summed E-state index contributed by atoms with van der Waals surface area (Å²) in [6.07, 6.45) is 2.52. The zero-order valence-electron chi connectivity index (χ0n) is 13.9. The number of ketones is 2. The van der Waals surface area contributed by atoms with Crippen molar-refractivity contribution in [3.63, 3.8) is 0 Å². The average molecular weight is 394 g/mol. The van der Waals surface area contributed by atoms with Gasteiger partial charge in [-0.05, 0) is 31.4 Å². The molecule has 6 rings (SSSR count). The molecule has 2 bridgehead atoms. The summed E-state index contributed by atoms with van der Waals surface area (Å²) in [5, 5.41) is 5.59. The number of fused-ring (bicyclic) bond motifs is 1. The Hall–Kier alpha value is -2.35. The zero-order chi connectivity index (χ0) is 19.2. The fourth-order valence-corrected chi connectivity index (χ4v) is 4.72. The second kappa shape index (κ2) is 4.92. The molecule has 0 aliphatic heterocycles. The van der Waals surface area contributed by atoms with Crippen LogP contribution >= 0.6 is 11.6 Å². The van der Waals surface area contributed by atoms with E-state index in [4.69, 9.17) is 11.6 Å². The maximum atomic E-state index is 13.0. The molecular weight excluding hydrogens is 380 g/mol. The van der Waals surface area contributed by atoms with E-state index in [9.17, 15) is 23.2 Å². The molecule has 140 valence electrons. The lowest BCUT2D eigenvalue weighted by Gasteiger charge is -2.70. The number of nitrogens with one attached hydrogen (secondary N) is 2. The molecule has 4 saturated carbocycles. The molecule has 5 aliphatic rings. The van der Waals surface area contributed by atoms with E-state index in [2.05, 4.69) is 15.6 Å². The van der Waals surface area contributed by atoms with Crippen LogP contribution < -0.4 is 10.6 Å². The largest absolute Gasteiger partial charge is 0.375 e. The third kappa shape index (κ3) is 2.29. The van der Waals surface area contributed by atoms with Gasteiger partial charge in [0.25, 0.3) is 5.92 Å². The summed E-state index contributed by atoms with van der Waals surface area (Å²) in [6.45, 7) is 0. The van der Waals surface area contributed by atoms with Crippen LogP contribution in [0, 0.1) is 5.92 Å². The van der Waals surface area contributed by atoms with Crippen molar-refractivity contribution in [1.29, 1.82) is 0 Å². The minimum Gasteiger partial charge on any atom is -0.375 e. The minimum absolute atomic E-state index is 0.0322. The Morgan fingerprint density at radius 2 is 1.85 bits per heavy atom. The van der Waals surface area contributed by atoms with Crippen molar-refractivity contribution < 1.29 is 23.2 Å². The van der Waals surface area contributed by atoms with Crippen molar-refractivity contribution in [2.45, 2.75) is 42.7 Å². The summed E-state index contributed by atoms with van der Waals surface area (Å²) in [4.78, 5) is 40.9. The van der Waals surface area contributed by atoms with E-state index in [-0.39, 0.29) is 22.0 Å². The predicted molar refractivity (Wildman–Crippen MR) is 89.4 cm³/mol. The number of pyridine rings is 1. The van der Waals surface area contributed by atoms with Crippen LogP contribution in [0.5, 0.6) is 0 Å². The van der Waals surface area contributed by atoms with Crippen molar-refractivity contribution >= 4 is 29.1 Å². The van der Waals surface area contributed by atoms with Crippen molar-refractivity contribution in [1.82, 2.24) is 15.6 Å². The van der Waals surface area contributed by atoms with Crippen molar-refractivity contribution in [2.24, 2.45) is 5.92 Å². The van der Waals surface area contributed by atoms with E-state index in [1.54, 1.807) is 6.07 Å². The molecule has 0 aromatic carbocycles. The van der Waals surface area contributed by atoms with E-state index >= 15 is 0 Å². The number of hydrogen-bond acceptors (Lipinski definition) is 5. The summed E-state index contributed by atoms with van der Waals surface area (Å²) in [6, 6.07) is 3.09. The number of Topliss-reactive ketones (excluding diaryl/α,β-unsaturated/α-hetero) is 2. The Morgan fingerprint density at radius 1 is 1.19 bits per heavy atom. The molecule has 1 atom stereocenters. The van der Waals surface area contributed by atoms with E-state index in [0.29, 0.717) is 19.3 Å². The average Bonchev–Trinajstić information content (AvgIpc) is 3.21. The highest BCUT2D eigenvalue weighted by Gasteiger charge is 2.71. The minimum atomic E-state index is -2.89. The van der Waals surface area contributed by atoms with Crippen molar-refractivity contribution in [3.05, 3.63) is 40.3 Å². The standard InChI is InChI=1S/C18H14ClF2N3O3/c19-10-12(13(25)8-2-1-3-22-11(8)14(10)26)23-16-5-17(6-16,7-16)24-15(27)9-4-18(9,20)21/h1-3,9,23H,4-7H2,(H,24,27). The second-order valence-corrected chi connectivity index (χ2v) is 8.35. The van der Waals surface area contributed by atoms with Gasteiger partial charge in [0, 0.05) is 23.7 Å². The normalized spacial score (nSPS) is 35.0. The molecular formula is C18H14ClF2N3O3. The highest BCUT2D eigenvalue weighted by atomic mass is 35.5. The SMILES string of the molecule is O=C1C(NC23CC(NC(=O)C4CC4(F)F)(C2)C3)=C(Cl)C(=O)c2ncccc21. The fourth-order valence-electron chi connectivity index (χ4n) is 4.50. The highest BCUT2D eigenvalue weighted by molar-refractivity contribution is 6.49. The van der Waals surface area contributed by atoms with E-state index < -0.39 is 46.8 Å². The Morgan fingerprint density at radius 3 is 2.48 bits per heavy atom. The Labute approximate surface area is 157 Å². The van der Waals surface area contributed by atoms with Gasteiger partial charge in [-0.3, -0.25) is 19.4 Å². The molecule has 1 aromatic rings. The molecule has 6 nitrogen and oxygen atoms in total. The van der Waals surface area contributed by atoms with Gasteiger partial charge >= 0.3 is 0 Å². The van der Waals surface area contributed by atoms with Gasteiger partial charge in [0.1, 0.15) is 22.3 Å². The molecule has 1 unspecified atom stereocenters. The smallest absolute Gasteiger partial charge is 0.260 e. The summed E-state index contributed by atoms with van der Waals surface area (Å²) in [5.41, 5.74) is -0.693. The molecule has 5 aliphatic carbocycles. The first-order valence-corrected chi connectivity index (χ1v) is 8.95. The number of nitrogens with zero attached hydrogens (tertiary/aromatic N) is 1. The summed E-state index contributed by atoms with van der Waals surface area (Å²) >= 11 is 6.11. The first-order valence-electron chi connectivity index (χ1n) is 8.58. The van der Waals surface area contributed by atoms with Crippen LogP contribution in [0.2, 0.25) is 0 Å². The van der Waals surface area contributed by atoms with Crippen LogP contribution in [0.25, 0.3) is 0 Å². The van der Waals surface area contributed by atoms with Gasteiger partial charge in [-0.2, -0.15) is 0 Å². The van der Waals surface area contributed by atoms with Crippen LogP contribution in [-0.2, 0) is 4.79 Å². The van der Waals surface area contributed by atoms with Crippen LogP contribution in [0.3, 0.4) is 0 Å². The monoisotopic (exact) mass is 393 g/mol. The van der Waals surface area contributed by atoms with Gasteiger partial charge in [-0.1, -0.05) is 11.6 Å². The van der Waals surface area contributed by atoms with Crippen LogP contribution in [0.1, 0.15) is 46.5 Å². The molecule has 0 saturated heterocycles. The zero-order valence-corrected chi connectivity index (χ0v) is 14.7. The van der Waals surface area contributed by atoms with Crippen molar-refractivity contribution in [2.75, 3.05) is 0 Å². The third-order valence-electron chi connectivity index (χ3n) is 5.86. The molecule has 1 aromatic heterocycles. The molecule has 27 heavy (non-hydrogen) atoms. The molecule has 9 heteroatoms. The summed E-state index contributed by atoms with van der Waals surface area (Å²) in [5.74, 6) is -5.65. The van der Waals surface area contributed by atoms with Gasteiger partial charge in [-0.25, -0.2) is 8.78 Å². The third-order valence-corrected chi connectivity index (χ3v) is 6.23. The lowest BCUT2D eigenvalue weighted by molar-refractivity contribution is -0.142. The van der Waals surface area contributed by atoms with Crippen molar-refractivity contribution in [3.8, 4) is 0 Å². The van der Waals surface area contributed by atoms with E-state index in [0.717, 1.165) is 0 Å². The number of halogens is 3. The lowest BCUT2D eigenvalue weighted by Crippen LogP contribution is -2.83. The number of amides is 1. The van der Waals surface area contributed by atoms with Gasteiger partial charge in [0.05, 0.1) is 5.56 Å². The van der Waals surface area contributed by atoms with Crippen LogP contribution in [-0.4, -0.2) is 39.5 Å². The van der Waals surface area contributed by atoms with Crippen LogP contribution in [0.15, 0.2) is 29.1 Å². The van der Waals surface area contributed by atoms with Crippen LogP contribution in [0.4, 0.5) is 8.78 Å². The topological polar surface area (TPSA) is 88.2 Å². The van der Waals surface area contributed by atoms with E-state index in [1.165, 1.54) is 12.3 Å². The first-order chi connectivity index (χ1) is 12.7. The number of carbonyl (C=O) groups excluding carboxylic acids is 3. The first kappa shape index (κ1) is 16.8. The van der Waals surface area contributed by atoms with E-state index in [1.807, 2.05) is 0 Å². The quantitative estimate of drug-likeness (QED) is 0.816. The second-order valence-electron chi connectivity index (χ2n) is 7.97. The van der Waals surface area contributed by atoms with Gasteiger partial charge in [-0.15, -0.1) is 0 Å². The maximum absolute atomic E-state index is 13.0. The summed E-state index contributed by atoms with van der Waals surface area (Å²) < 4.78 is 26.0. The lowest BCUT2D eigenvalue weighted by atomic mass is 9.44. The molecule has 4 fully saturated rings.